The quantitative estimate of drug-likeness (QED) is 0.451. The Bertz CT molecular complexity index is 1530. The molecule has 0 unspecified atom stereocenters. The highest BCUT2D eigenvalue weighted by Crippen LogP contribution is 2.48. The number of benzene rings is 1. The Hall–Kier alpha value is -3.93. The van der Waals surface area contributed by atoms with E-state index in [0.717, 1.165) is 5.52 Å². The molecule has 174 valence electrons. The van der Waals surface area contributed by atoms with Crippen LogP contribution in [0.1, 0.15) is 18.4 Å². The lowest BCUT2D eigenvalue weighted by Crippen LogP contribution is -2.44. The van der Waals surface area contributed by atoms with Crippen molar-refractivity contribution >= 4 is 27.3 Å². The van der Waals surface area contributed by atoms with Crippen molar-refractivity contribution in [1.29, 1.82) is 0 Å². The number of hydrogen-bond acceptors (Lipinski definition) is 6. The predicted octanol–water partition coefficient (Wildman–Crippen LogP) is 2.87. The van der Waals surface area contributed by atoms with E-state index in [0.29, 0.717) is 42.7 Å². The molecule has 0 radical (unpaired) electrons. The molecule has 3 aromatic heterocycles. The third-order valence-corrected chi connectivity index (χ3v) is 7.20. The second-order valence-corrected chi connectivity index (χ2v) is 9.87. The van der Waals surface area contributed by atoms with Gasteiger partial charge in [0.05, 0.1) is 24.0 Å². The molecule has 4 heterocycles. The number of ether oxygens (including phenoxy) is 1. The predicted molar refractivity (Wildman–Crippen MR) is 120 cm³/mol. The Kier molecular flexibility index (Phi) is 4.59. The molecule has 0 saturated heterocycles. The molecule has 1 aliphatic carbocycles. The van der Waals surface area contributed by atoms with E-state index in [1.54, 1.807) is 35.1 Å². The maximum atomic E-state index is 15.6. The lowest BCUT2D eigenvalue weighted by molar-refractivity contribution is 0.250. The fourth-order valence-electron chi connectivity index (χ4n) is 4.26. The van der Waals surface area contributed by atoms with E-state index >= 15 is 4.39 Å². The Morgan fingerprint density at radius 1 is 1.24 bits per heavy atom. The molecule has 6 rings (SSSR count). The molecule has 4 aromatic rings. The van der Waals surface area contributed by atoms with Gasteiger partial charge in [0.25, 0.3) is 10.0 Å². The molecule has 0 atom stereocenters. The summed E-state index contributed by atoms with van der Waals surface area (Å²) < 4.78 is 50.6. The molecule has 1 fully saturated rings. The normalized spacial score (nSPS) is 15.2. The van der Waals surface area contributed by atoms with Crippen LogP contribution in [-0.4, -0.2) is 46.9 Å². The summed E-state index contributed by atoms with van der Waals surface area (Å²) in [6.45, 7) is 0.347. The van der Waals surface area contributed by atoms with E-state index in [9.17, 15) is 13.2 Å². The van der Waals surface area contributed by atoms with Crippen molar-refractivity contribution in [1.82, 2.24) is 24.5 Å². The molecule has 1 aliphatic heterocycles. The van der Waals surface area contributed by atoms with Crippen LogP contribution in [0.25, 0.3) is 16.6 Å². The number of hydrogen-bond donors (Lipinski definition) is 2. The zero-order valence-corrected chi connectivity index (χ0v) is 18.5. The number of amides is 2. The van der Waals surface area contributed by atoms with Gasteiger partial charge in [-0.1, -0.05) is 0 Å². The lowest BCUT2D eigenvalue weighted by Gasteiger charge is -2.27. The number of nitrogens with zero attached hydrogens (tertiary/aromatic N) is 4. The van der Waals surface area contributed by atoms with Crippen LogP contribution < -0.4 is 14.4 Å². The van der Waals surface area contributed by atoms with Gasteiger partial charge in [0.1, 0.15) is 11.6 Å². The number of urea groups is 1. The summed E-state index contributed by atoms with van der Waals surface area (Å²) in [5, 5.41) is 9.90. The second kappa shape index (κ2) is 7.55. The van der Waals surface area contributed by atoms with Crippen molar-refractivity contribution in [3.8, 4) is 16.9 Å². The van der Waals surface area contributed by atoms with Gasteiger partial charge in [0.2, 0.25) is 0 Å². The number of fused-ring (bicyclic) bond motifs is 2. The number of nitrogens with one attached hydrogen (secondary N) is 2. The van der Waals surface area contributed by atoms with Crippen LogP contribution >= 0.6 is 0 Å². The standard InChI is InChI=1S/C22H19FN6O4S/c23-17-12-14-6-10-33-21(14)20(19(17)13-5-9-28-16(11-13)3-8-25-28)29(15-1-2-15)22(30)27-34(31,32)18-4-7-24-26-18/h3-5,7-9,11-12,15H,1-2,6,10H2,(H,24,26)(H,27,30). The number of carbonyl (C=O) groups excluding carboxylic acids is 1. The molecule has 2 amide bonds. The molecule has 0 spiro atoms. The molecule has 2 aliphatic rings. The van der Waals surface area contributed by atoms with Gasteiger partial charge >= 0.3 is 6.03 Å². The first-order valence-electron chi connectivity index (χ1n) is 10.7. The largest absolute Gasteiger partial charge is 0.491 e. The highest BCUT2D eigenvalue weighted by molar-refractivity contribution is 7.90. The number of aromatic amines is 1. The van der Waals surface area contributed by atoms with E-state index in [-0.39, 0.29) is 22.3 Å². The van der Waals surface area contributed by atoms with Gasteiger partial charge in [0.15, 0.2) is 5.03 Å². The lowest BCUT2D eigenvalue weighted by atomic mass is 9.98. The fourth-order valence-corrected chi connectivity index (χ4v) is 5.11. The molecular formula is C22H19FN6O4S. The first-order chi connectivity index (χ1) is 16.4. The number of sulfonamides is 1. The number of aromatic nitrogens is 4. The average molecular weight is 482 g/mol. The number of pyridine rings is 1. The first-order valence-corrected chi connectivity index (χ1v) is 12.2. The van der Waals surface area contributed by atoms with Crippen molar-refractivity contribution in [3.05, 3.63) is 60.3 Å². The Labute approximate surface area is 193 Å². The van der Waals surface area contributed by atoms with Gasteiger partial charge in [-0.05, 0) is 48.7 Å². The Morgan fingerprint density at radius 2 is 2.09 bits per heavy atom. The fraction of sp³-hybridized carbons (Fsp3) is 0.227. The minimum absolute atomic E-state index is 0.172. The van der Waals surface area contributed by atoms with E-state index < -0.39 is 21.9 Å². The highest BCUT2D eigenvalue weighted by atomic mass is 32.2. The van der Waals surface area contributed by atoms with Crippen molar-refractivity contribution in [2.24, 2.45) is 0 Å². The van der Waals surface area contributed by atoms with E-state index in [1.807, 2.05) is 0 Å². The molecule has 10 nitrogen and oxygen atoms in total. The maximum absolute atomic E-state index is 15.6. The molecule has 12 heteroatoms. The van der Waals surface area contributed by atoms with Gasteiger partial charge in [-0.15, -0.1) is 0 Å². The van der Waals surface area contributed by atoms with E-state index in [2.05, 4.69) is 20.0 Å². The third-order valence-electron chi connectivity index (χ3n) is 5.95. The SMILES string of the molecule is O=C(NS(=O)(=O)c1ccn[nH]1)N(c1c2c(cc(F)c1-c1ccn3nccc3c1)CCO2)C1CC1. The van der Waals surface area contributed by atoms with Gasteiger partial charge in [0, 0.05) is 36.0 Å². The minimum Gasteiger partial charge on any atom is -0.491 e. The first kappa shape index (κ1) is 20.7. The molecule has 0 bridgehead atoms. The second-order valence-electron chi connectivity index (χ2n) is 8.22. The number of carbonyl (C=O) groups is 1. The molecule has 1 aromatic carbocycles. The summed E-state index contributed by atoms with van der Waals surface area (Å²) in [5.74, 6) is -0.122. The summed E-state index contributed by atoms with van der Waals surface area (Å²) in [6.07, 6.45) is 6.41. The third kappa shape index (κ3) is 3.37. The van der Waals surface area contributed by atoms with Gasteiger partial charge in [-0.2, -0.15) is 18.6 Å². The van der Waals surface area contributed by atoms with Crippen molar-refractivity contribution in [2.75, 3.05) is 11.5 Å². The average Bonchev–Trinajstić information content (AvgIpc) is 3.23. The molecule has 34 heavy (non-hydrogen) atoms. The number of rotatable bonds is 5. The van der Waals surface area contributed by atoms with Crippen LogP contribution in [0, 0.1) is 5.82 Å². The molecular weight excluding hydrogens is 463 g/mol. The van der Waals surface area contributed by atoms with E-state index in [1.165, 1.54) is 23.2 Å². The zero-order valence-electron chi connectivity index (χ0n) is 17.7. The van der Waals surface area contributed by atoms with Crippen molar-refractivity contribution < 1.29 is 22.3 Å². The van der Waals surface area contributed by atoms with Gasteiger partial charge in [-0.25, -0.2) is 18.4 Å². The van der Waals surface area contributed by atoms with E-state index in [4.69, 9.17) is 4.74 Å². The number of anilines is 1. The zero-order chi connectivity index (χ0) is 23.4. The highest BCUT2D eigenvalue weighted by Gasteiger charge is 2.41. The van der Waals surface area contributed by atoms with Crippen LogP contribution in [0.4, 0.5) is 14.9 Å². The topological polar surface area (TPSA) is 122 Å². The van der Waals surface area contributed by atoms with Crippen LogP contribution in [0.15, 0.2) is 53.9 Å². The minimum atomic E-state index is -4.20. The summed E-state index contributed by atoms with van der Waals surface area (Å²) in [5.41, 5.74) is 2.31. The van der Waals surface area contributed by atoms with Gasteiger partial charge < -0.3 is 4.74 Å². The van der Waals surface area contributed by atoms with Crippen molar-refractivity contribution in [3.63, 3.8) is 0 Å². The van der Waals surface area contributed by atoms with Crippen LogP contribution in [0.5, 0.6) is 5.75 Å². The number of H-pyrrole nitrogens is 1. The van der Waals surface area contributed by atoms with Crippen LogP contribution in [-0.2, 0) is 16.4 Å². The van der Waals surface area contributed by atoms with Crippen LogP contribution in [0.3, 0.4) is 0 Å². The monoisotopic (exact) mass is 482 g/mol. The number of halogens is 1. The summed E-state index contributed by atoms with van der Waals surface area (Å²) in [6, 6.07) is 6.75. The maximum Gasteiger partial charge on any atom is 0.336 e. The summed E-state index contributed by atoms with van der Waals surface area (Å²) >= 11 is 0. The Morgan fingerprint density at radius 3 is 2.85 bits per heavy atom. The smallest absolute Gasteiger partial charge is 0.336 e. The Balaban J connectivity index is 1.51. The summed E-state index contributed by atoms with van der Waals surface area (Å²) in [4.78, 5) is 14.7. The van der Waals surface area contributed by atoms with Gasteiger partial charge in [-0.3, -0.25) is 10.00 Å². The molecule has 2 N–H and O–H groups in total. The molecule has 1 saturated carbocycles. The van der Waals surface area contributed by atoms with Crippen molar-refractivity contribution in [2.45, 2.75) is 30.3 Å². The van der Waals surface area contributed by atoms with Crippen LogP contribution in [0.2, 0.25) is 0 Å². The summed E-state index contributed by atoms with van der Waals surface area (Å²) in [7, 11) is -4.20.